The molecular formula is C11H8N3O5S-. The van der Waals surface area contributed by atoms with Crippen LogP contribution < -0.4 is 5.43 Å². The van der Waals surface area contributed by atoms with E-state index >= 15 is 0 Å². The fraction of sp³-hybridized carbons (Fsp3) is 0. The number of rotatable bonds is 4. The van der Waals surface area contributed by atoms with Crippen molar-refractivity contribution in [2.75, 3.05) is 0 Å². The SMILES string of the molecule is O=C(NN=Cc1ccc(S(=O)(=O)[O-])o1)c1cccnc1. The van der Waals surface area contributed by atoms with Crippen LogP contribution in [0.1, 0.15) is 16.1 Å². The van der Waals surface area contributed by atoms with Gasteiger partial charge in [-0.05, 0) is 24.3 Å². The monoisotopic (exact) mass is 294 g/mol. The molecule has 2 aromatic heterocycles. The minimum atomic E-state index is -4.64. The van der Waals surface area contributed by atoms with E-state index < -0.39 is 21.1 Å². The van der Waals surface area contributed by atoms with E-state index in [0.29, 0.717) is 5.56 Å². The molecule has 0 aromatic carbocycles. The minimum absolute atomic E-state index is 0.0194. The van der Waals surface area contributed by atoms with Crippen LogP contribution in [0.15, 0.2) is 51.3 Å². The van der Waals surface area contributed by atoms with Gasteiger partial charge in [-0.3, -0.25) is 9.78 Å². The Morgan fingerprint density at radius 2 is 2.20 bits per heavy atom. The lowest BCUT2D eigenvalue weighted by molar-refractivity contribution is 0.0954. The van der Waals surface area contributed by atoms with E-state index in [1.54, 1.807) is 12.1 Å². The molecule has 8 nitrogen and oxygen atoms in total. The van der Waals surface area contributed by atoms with Gasteiger partial charge in [0.1, 0.15) is 5.76 Å². The average Bonchev–Trinajstić information content (AvgIpc) is 2.88. The number of hydrogen-bond donors (Lipinski definition) is 1. The van der Waals surface area contributed by atoms with E-state index in [2.05, 4.69) is 15.5 Å². The van der Waals surface area contributed by atoms with Crippen molar-refractivity contribution >= 4 is 22.2 Å². The summed E-state index contributed by atoms with van der Waals surface area (Å²) in [5.74, 6) is -0.469. The molecule has 0 radical (unpaired) electrons. The molecule has 1 N–H and O–H groups in total. The first-order valence-electron chi connectivity index (χ1n) is 5.26. The van der Waals surface area contributed by atoms with Gasteiger partial charge in [-0.15, -0.1) is 0 Å². The molecule has 0 aliphatic rings. The molecule has 1 amide bonds. The third-order valence-corrected chi connectivity index (χ3v) is 2.84. The van der Waals surface area contributed by atoms with Crippen molar-refractivity contribution in [2.45, 2.75) is 5.09 Å². The highest BCUT2D eigenvalue weighted by Crippen LogP contribution is 2.11. The summed E-state index contributed by atoms with van der Waals surface area (Å²) < 4.78 is 36.7. The van der Waals surface area contributed by atoms with Gasteiger partial charge in [-0.1, -0.05) is 0 Å². The lowest BCUT2D eigenvalue weighted by atomic mass is 10.3. The van der Waals surface area contributed by atoms with Crippen LogP contribution in [0.2, 0.25) is 0 Å². The molecular weight excluding hydrogens is 286 g/mol. The lowest BCUT2D eigenvalue weighted by Crippen LogP contribution is -2.17. The summed E-state index contributed by atoms with van der Waals surface area (Å²) in [6.07, 6.45) is 3.95. The number of carbonyl (C=O) groups excluding carboxylic acids is 1. The second-order valence-electron chi connectivity index (χ2n) is 3.55. The molecule has 0 atom stereocenters. The molecule has 0 saturated heterocycles. The van der Waals surface area contributed by atoms with Crippen LogP contribution in [0.4, 0.5) is 0 Å². The van der Waals surface area contributed by atoms with Crippen molar-refractivity contribution in [3.8, 4) is 0 Å². The first-order chi connectivity index (χ1) is 9.47. The van der Waals surface area contributed by atoms with Gasteiger partial charge in [0, 0.05) is 12.4 Å². The molecule has 0 saturated carbocycles. The van der Waals surface area contributed by atoms with Gasteiger partial charge < -0.3 is 8.97 Å². The zero-order valence-corrected chi connectivity index (χ0v) is 10.7. The summed E-state index contributed by atoms with van der Waals surface area (Å²) >= 11 is 0. The van der Waals surface area contributed by atoms with Gasteiger partial charge in [0.05, 0.1) is 11.8 Å². The van der Waals surface area contributed by atoms with Crippen molar-refractivity contribution in [1.29, 1.82) is 0 Å². The zero-order chi connectivity index (χ0) is 14.6. The summed E-state index contributed by atoms with van der Waals surface area (Å²) in [5.41, 5.74) is 2.51. The fourth-order valence-electron chi connectivity index (χ4n) is 1.25. The Balaban J connectivity index is 2.01. The van der Waals surface area contributed by atoms with Crippen LogP contribution in [-0.2, 0) is 10.1 Å². The standard InChI is InChI=1S/C11H9N3O5S/c15-11(8-2-1-5-12-6-8)14-13-7-9-3-4-10(19-9)20(16,17)18/h1-7H,(H,14,15)(H,16,17,18)/p-1. The molecule has 20 heavy (non-hydrogen) atoms. The fourth-order valence-corrected chi connectivity index (χ4v) is 1.69. The average molecular weight is 294 g/mol. The number of amides is 1. The van der Waals surface area contributed by atoms with Gasteiger partial charge in [-0.2, -0.15) is 5.10 Å². The number of aromatic nitrogens is 1. The summed E-state index contributed by atoms with van der Waals surface area (Å²) in [6.45, 7) is 0. The van der Waals surface area contributed by atoms with E-state index in [-0.39, 0.29) is 5.76 Å². The summed E-state index contributed by atoms with van der Waals surface area (Å²) in [5, 5.41) is 2.86. The third kappa shape index (κ3) is 3.49. The Labute approximate surface area is 113 Å². The highest BCUT2D eigenvalue weighted by molar-refractivity contribution is 7.85. The van der Waals surface area contributed by atoms with Crippen molar-refractivity contribution in [3.63, 3.8) is 0 Å². The van der Waals surface area contributed by atoms with Gasteiger partial charge in [0.25, 0.3) is 5.91 Å². The summed E-state index contributed by atoms with van der Waals surface area (Å²) in [7, 11) is -4.64. The van der Waals surface area contributed by atoms with Crippen LogP contribution >= 0.6 is 0 Å². The smallest absolute Gasteiger partial charge is 0.272 e. The van der Waals surface area contributed by atoms with E-state index in [1.807, 2.05) is 0 Å². The molecule has 2 rings (SSSR count). The molecule has 104 valence electrons. The molecule has 0 spiro atoms. The van der Waals surface area contributed by atoms with Crippen LogP contribution in [0.25, 0.3) is 0 Å². The Bertz CT molecular complexity index is 736. The number of nitrogens with one attached hydrogen (secondary N) is 1. The van der Waals surface area contributed by atoms with Crippen LogP contribution in [0.3, 0.4) is 0 Å². The number of hydrazone groups is 1. The molecule has 9 heteroatoms. The molecule has 0 aliphatic carbocycles. The minimum Gasteiger partial charge on any atom is -0.742 e. The predicted octanol–water partition coefficient (Wildman–Crippen LogP) is 0.343. The maximum Gasteiger partial charge on any atom is 0.272 e. The van der Waals surface area contributed by atoms with E-state index in [1.165, 1.54) is 18.5 Å². The van der Waals surface area contributed by atoms with Crippen molar-refractivity contribution in [2.24, 2.45) is 5.10 Å². The lowest BCUT2D eigenvalue weighted by Gasteiger charge is -2.00. The van der Waals surface area contributed by atoms with Gasteiger partial charge >= 0.3 is 0 Å². The second kappa shape index (κ2) is 5.63. The molecule has 2 aromatic rings. The maximum absolute atomic E-state index is 11.6. The van der Waals surface area contributed by atoms with E-state index in [4.69, 9.17) is 4.42 Å². The zero-order valence-electron chi connectivity index (χ0n) is 9.89. The first-order valence-corrected chi connectivity index (χ1v) is 6.67. The maximum atomic E-state index is 11.6. The van der Waals surface area contributed by atoms with Gasteiger partial charge in [0.15, 0.2) is 10.1 Å². The molecule has 2 heterocycles. The van der Waals surface area contributed by atoms with Gasteiger partial charge in [0.2, 0.25) is 5.09 Å². The Morgan fingerprint density at radius 3 is 2.80 bits per heavy atom. The van der Waals surface area contributed by atoms with Crippen molar-refractivity contribution < 1.29 is 22.2 Å². The number of furan rings is 1. The van der Waals surface area contributed by atoms with E-state index in [0.717, 1.165) is 12.3 Å². The topological polar surface area (TPSA) is 125 Å². The highest BCUT2D eigenvalue weighted by atomic mass is 32.2. The Morgan fingerprint density at radius 1 is 1.40 bits per heavy atom. The highest BCUT2D eigenvalue weighted by Gasteiger charge is 2.07. The largest absolute Gasteiger partial charge is 0.742 e. The Kier molecular flexibility index (Phi) is 3.91. The van der Waals surface area contributed by atoms with Crippen LogP contribution in [-0.4, -0.2) is 30.1 Å². The quantitative estimate of drug-likeness (QED) is 0.492. The van der Waals surface area contributed by atoms with E-state index in [9.17, 15) is 17.8 Å². The molecule has 0 unspecified atom stereocenters. The second-order valence-corrected chi connectivity index (χ2v) is 4.86. The molecule has 0 fully saturated rings. The summed E-state index contributed by atoms with van der Waals surface area (Å²) in [6, 6.07) is 5.39. The molecule has 0 bridgehead atoms. The van der Waals surface area contributed by atoms with Crippen LogP contribution in [0, 0.1) is 0 Å². The van der Waals surface area contributed by atoms with Crippen molar-refractivity contribution in [1.82, 2.24) is 10.4 Å². The number of hydrogen-bond acceptors (Lipinski definition) is 7. The normalized spacial score (nSPS) is 11.7. The van der Waals surface area contributed by atoms with Crippen molar-refractivity contribution in [3.05, 3.63) is 48.0 Å². The van der Waals surface area contributed by atoms with Gasteiger partial charge in [-0.25, -0.2) is 13.8 Å². The number of nitrogens with zero attached hydrogens (tertiary/aromatic N) is 2. The number of carbonyl (C=O) groups is 1. The first kappa shape index (κ1) is 13.9. The third-order valence-electron chi connectivity index (χ3n) is 2.13. The predicted molar refractivity (Wildman–Crippen MR) is 66.0 cm³/mol. The van der Waals surface area contributed by atoms with Crippen LogP contribution in [0.5, 0.6) is 0 Å². The molecule has 0 aliphatic heterocycles. The number of pyridine rings is 1. The summed E-state index contributed by atoms with van der Waals surface area (Å²) in [4.78, 5) is 15.3. The Hall–Kier alpha value is -2.52.